The molecule has 1 unspecified atom stereocenters. The van der Waals surface area contributed by atoms with Crippen LogP contribution in [0.4, 0.5) is 0 Å². The average Bonchev–Trinajstić information content (AvgIpc) is 2.71. The molecule has 0 spiro atoms. The molecule has 1 fully saturated rings. The van der Waals surface area contributed by atoms with Gasteiger partial charge in [0.2, 0.25) is 7.37 Å². The Hall–Kier alpha value is -1.57. The Balaban J connectivity index is 1.67. The van der Waals surface area contributed by atoms with Crippen molar-refractivity contribution in [2.75, 3.05) is 6.61 Å². The Bertz CT molecular complexity index is 786. The maximum Gasteiger partial charge on any atom is 0.238 e. The number of benzene rings is 2. The van der Waals surface area contributed by atoms with Crippen molar-refractivity contribution in [2.45, 2.75) is 43.0 Å². The predicted molar refractivity (Wildman–Crippen MR) is 103 cm³/mol. The number of ether oxygens (including phenoxy) is 2. The first-order valence-corrected chi connectivity index (χ1v) is 10.8. The maximum atomic E-state index is 12.6. The molecule has 1 heterocycles. The fourth-order valence-corrected chi connectivity index (χ4v) is 5.19. The average molecular weight is 408 g/mol. The lowest BCUT2D eigenvalue weighted by Gasteiger charge is -2.43. The minimum absolute atomic E-state index is 0.0830. The topological polar surface area (TPSA) is 116 Å². The molecule has 0 radical (unpaired) electrons. The van der Waals surface area contributed by atoms with E-state index in [0.29, 0.717) is 0 Å². The zero-order valence-electron chi connectivity index (χ0n) is 15.2. The highest BCUT2D eigenvalue weighted by Gasteiger charge is 2.56. The second-order valence-corrected chi connectivity index (χ2v) is 9.43. The van der Waals surface area contributed by atoms with Gasteiger partial charge in [0, 0.05) is 0 Å². The molecule has 3 rings (SSSR count). The molecule has 152 valence electrons. The van der Waals surface area contributed by atoms with E-state index in [1.165, 1.54) is 0 Å². The highest BCUT2D eigenvalue weighted by molar-refractivity contribution is 7.59. The third-order valence-corrected chi connectivity index (χ3v) is 7.38. The second-order valence-electron chi connectivity index (χ2n) is 6.90. The van der Waals surface area contributed by atoms with Crippen LogP contribution in [0.5, 0.6) is 0 Å². The van der Waals surface area contributed by atoms with E-state index in [2.05, 4.69) is 0 Å². The molecule has 2 aromatic rings. The molecule has 4 N–H and O–H groups in total. The van der Waals surface area contributed by atoms with Gasteiger partial charge in [-0.2, -0.15) is 0 Å². The van der Waals surface area contributed by atoms with Crippen LogP contribution < -0.4 is 0 Å². The molecule has 0 bridgehead atoms. The number of hydrogen-bond donors (Lipinski definition) is 4. The minimum atomic E-state index is -4.30. The van der Waals surface area contributed by atoms with Crippen molar-refractivity contribution in [1.82, 2.24) is 0 Å². The van der Waals surface area contributed by atoms with E-state index < -0.39 is 37.2 Å². The number of rotatable bonds is 7. The standard InChI is InChI=1S/C20H25O7P/c21-17-16(13-26-11-14-7-3-1-4-8-14)28(24,25)20(23)18(22)19(17)27-12-15-9-5-2-6-10-15/h1-10,16-23H,11-13H2,(H,24,25)/t16-,17-,18-,19+,20-/m1/s1. The maximum absolute atomic E-state index is 12.6. The van der Waals surface area contributed by atoms with Gasteiger partial charge in [-0.3, -0.25) is 4.57 Å². The largest absolute Gasteiger partial charge is 0.389 e. The predicted octanol–water partition coefficient (Wildman–Crippen LogP) is 1.48. The molecular formula is C20H25O7P. The molecule has 1 aliphatic rings. The van der Waals surface area contributed by atoms with Crippen LogP contribution in [0, 0.1) is 0 Å². The molecule has 6 atom stereocenters. The SMILES string of the molecule is O=P1(O)[C@H](COCc2ccccc2)[C@@H](O)[C@H](OCc2ccccc2)[C@@H](O)[C@@H]1O. The van der Waals surface area contributed by atoms with E-state index in [-0.39, 0.29) is 19.8 Å². The van der Waals surface area contributed by atoms with Crippen LogP contribution in [0.15, 0.2) is 60.7 Å². The normalized spacial score (nSPS) is 32.9. The number of aliphatic hydroxyl groups is 3. The summed E-state index contributed by atoms with van der Waals surface area (Å²) in [5, 5.41) is 31.0. The van der Waals surface area contributed by atoms with Crippen molar-refractivity contribution in [3.05, 3.63) is 71.8 Å². The first kappa shape index (κ1) is 21.1. The smallest absolute Gasteiger partial charge is 0.238 e. The van der Waals surface area contributed by atoms with Crippen LogP contribution in [-0.4, -0.2) is 56.6 Å². The summed E-state index contributed by atoms with van der Waals surface area (Å²) in [5.41, 5.74) is 0.416. The quantitative estimate of drug-likeness (QED) is 0.513. The molecule has 28 heavy (non-hydrogen) atoms. The van der Waals surface area contributed by atoms with Gasteiger partial charge in [0.1, 0.15) is 12.2 Å². The van der Waals surface area contributed by atoms with Crippen molar-refractivity contribution in [3.63, 3.8) is 0 Å². The summed E-state index contributed by atoms with van der Waals surface area (Å²) in [6.07, 6.45) is -4.36. The third kappa shape index (κ3) is 4.70. The van der Waals surface area contributed by atoms with Crippen molar-refractivity contribution >= 4 is 7.37 Å². The molecule has 0 saturated carbocycles. The summed E-state index contributed by atoms with van der Waals surface area (Å²) in [6.45, 7) is 0.0245. The Morgan fingerprint density at radius 2 is 1.36 bits per heavy atom. The summed E-state index contributed by atoms with van der Waals surface area (Å²) < 4.78 is 23.8. The van der Waals surface area contributed by atoms with Crippen LogP contribution in [-0.2, 0) is 27.3 Å². The molecular weight excluding hydrogens is 383 g/mol. The molecule has 0 aliphatic carbocycles. The van der Waals surface area contributed by atoms with E-state index in [1.807, 2.05) is 60.7 Å². The Kier molecular flexibility index (Phi) is 7.01. The zero-order chi connectivity index (χ0) is 20.1. The molecule has 1 saturated heterocycles. The van der Waals surface area contributed by atoms with Gasteiger partial charge < -0.3 is 29.7 Å². The van der Waals surface area contributed by atoms with Crippen molar-refractivity contribution in [1.29, 1.82) is 0 Å². The van der Waals surface area contributed by atoms with Crippen LogP contribution in [0.25, 0.3) is 0 Å². The van der Waals surface area contributed by atoms with E-state index in [0.717, 1.165) is 11.1 Å². The van der Waals surface area contributed by atoms with Crippen LogP contribution in [0.1, 0.15) is 11.1 Å². The highest BCUT2D eigenvalue weighted by atomic mass is 31.2. The van der Waals surface area contributed by atoms with E-state index in [9.17, 15) is 24.8 Å². The minimum Gasteiger partial charge on any atom is -0.389 e. The number of hydrogen-bond acceptors (Lipinski definition) is 6. The van der Waals surface area contributed by atoms with Crippen molar-refractivity contribution in [2.24, 2.45) is 0 Å². The van der Waals surface area contributed by atoms with E-state index in [4.69, 9.17) is 9.47 Å². The highest BCUT2D eigenvalue weighted by Crippen LogP contribution is 2.57. The molecule has 7 nitrogen and oxygen atoms in total. The summed E-state index contributed by atoms with van der Waals surface area (Å²) >= 11 is 0. The first-order valence-electron chi connectivity index (χ1n) is 9.05. The van der Waals surface area contributed by atoms with Gasteiger partial charge in [-0.15, -0.1) is 0 Å². The summed E-state index contributed by atoms with van der Waals surface area (Å²) in [4.78, 5) is 10.3. The Morgan fingerprint density at radius 3 is 1.93 bits per heavy atom. The number of aliphatic hydroxyl groups excluding tert-OH is 3. The monoisotopic (exact) mass is 408 g/mol. The third-order valence-electron chi connectivity index (χ3n) is 4.91. The van der Waals surface area contributed by atoms with Gasteiger partial charge in [-0.1, -0.05) is 60.7 Å². The molecule has 8 heteroatoms. The summed E-state index contributed by atoms with van der Waals surface area (Å²) in [7, 11) is -4.30. The lowest BCUT2D eigenvalue weighted by molar-refractivity contribution is -0.142. The van der Waals surface area contributed by atoms with Crippen LogP contribution in [0.3, 0.4) is 0 Å². The molecule has 1 aliphatic heterocycles. The van der Waals surface area contributed by atoms with Crippen LogP contribution in [0.2, 0.25) is 0 Å². The van der Waals surface area contributed by atoms with Gasteiger partial charge in [0.15, 0.2) is 5.85 Å². The van der Waals surface area contributed by atoms with Gasteiger partial charge >= 0.3 is 0 Å². The lowest BCUT2D eigenvalue weighted by Crippen LogP contribution is -2.57. The summed E-state index contributed by atoms with van der Waals surface area (Å²) in [6, 6.07) is 18.4. The molecule has 2 aromatic carbocycles. The van der Waals surface area contributed by atoms with Crippen molar-refractivity contribution in [3.8, 4) is 0 Å². The van der Waals surface area contributed by atoms with Gasteiger partial charge in [-0.25, -0.2) is 0 Å². The second kappa shape index (κ2) is 9.29. The van der Waals surface area contributed by atoms with Crippen molar-refractivity contribution < 1.29 is 34.3 Å². The fraction of sp³-hybridized carbons (Fsp3) is 0.400. The summed E-state index contributed by atoms with van der Waals surface area (Å²) in [5.74, 6) is -1.91. The van der Waals surface area contributed by atoms with Crippen LogP contribution >= 0.6 is 7.37 Å². The van der Waals surface area contributed by atoms with Gasteiger partial charge in [-0.05, 0) is 11.1 Å². The lowest BCUT2D eigenvalue weighted by atomic mass is 10.0. The molecule has 0 amide bonds. The first-order chi connectivity index (χ1) is 13.4. The van der Waals surface area contributed by atoms with E-state index in [1.54, 1.807) is 0 Å². The fourth-order valence-electron chi connectivity index (χ4n) is 3.27. The van der Waals surface area contributed by atoms with E-state index >= 15 is 0 Å². The van der Waals surface area contributed by atoms with Gasteiger partial charge in [0.05, 0.1) is 31.6 Å². The zero-order valence-corrected chi connectivity index (χ0v) is 16.1. The Morgan fingerprint density at radius 1 is 0.821 bits per heavy atom. The van der Waals surface area contributed by atoms with Gasteiger partial charge in [0.25, 0.3) is 0 Å². The molecule has 0 aromatic heterocycles. The Labute approximate surface area is 163 Å².